The molecule has 2 aliphatic rings. The summed E-state index contributed by atoms with van der Waals surface area (Å²) in [5, 5.41) is 0. The van der Waals surface area contributed by atoms with Gasteiger partial charge in [0.05, 0.1) is 13.0 Å². The number of benzene rings is 2. The average molecular weight is 335 g/mol. The molecule has 130 valence electrons. The second kappa shape index (κ2) is 7.01. The zero-order chi connectivity index (χ0) is 17.2. The van der Waals surface area contributed by atoms with E-state index < -0.39 is 0 Å². The molecule has 1 fully saturated rings. The van der Waals surface area contributed by atoms with Crippen molar-refractivity contribution in [3.05, 3.63) is 71.3 Å². The third-order valence-electron chi connectivity index (χ3n) is 5.73. The first-order valence-corrected chi connectivity index (χ1v) is 9.17. The van der Waals surface area contributed by atoms with Gasteiger partial charge in [-0.15, -0.1) is 0 Å². The van der Waals surface area contributed by atoms with Crippen LogP contribution in [-0.2, 0) is 16.1 Å². The van der Waals surface area contributed by atoms with Crippen LogP contribution in [0.4, 0.5) is 0 Å². The van der Waals surface area contributed by atoms with Crippen molar-refractivity contribution in [2.24, 2.45) is 5.92 Å². The number of piperidine rings is 1. The maximum absolute atomic E-state index is 12.4. The lowest BCUT2D eigenvalue weighted by Gasteiger charge is -2.37. The molecule has 0 amide bonds. The van der Waals surface area contributed by atoms with Crippen molar-refractivity contribution in [3.63, 3.8) is 0 Å². The molecular formula is C22H25NO2. The maximum Gasteiger partial charge on any atom is 0.313 e. The van der Waals surface area contributed by atoms with Crippen molar-refractivity contribution in [3.8, 4) is 0 Å². The molecule has 3 unspecified atom stereocenters. The van der Waals surface area contributed by atoms with Crippen molar-refractivity contribution < 1.29 is 9.53 Å². The fourth-order valence-electron chi connectivity index (χ4n) is 4.70. The summed E-state index contributed by atoms with van der Waals surface area (Å²) in [6.07, 6.45) is 2.07. The van der Waals surface area contributed by atoms with Gasteiger partial charge in [-0.1, -0.05) is 54.6 Å². The molecule has 0 radical (unpaired) electrons. The Hall–Kier alpha value is -2.13. The van der Waals surface area contributed by atoms with E-state index >= 15 is 0 Å². The van der Waals surface area contributed by atoms with Gasteiger partial charge < -0.3 is 4.74 Å². The normalized spacial score (nSPS) is 25.7. The molecule has 1 saturated heterocycles. The summed E-state index contributed by atoms with van der Waals surface area (Å²) in [7, 11) is 1.50. The number of nitrogens with zero attached hydrogens (tertiary/aromatic N) is 1. The molecule has 1 aliphatic heterocycles. The lowest BCUT2D eigenvalue weighted by Crippen LogP contribution is -2.38. The monoisotopic (exact) mass is 335 g/mol. The standard InChI is InChI=1S/C22H25NO2/c1-25-22(24)21-12-17-11-18(19-9-5-6-10-20(19)21)15-23(14-17)13-16-7-3-2-4-8-16/h2-10,17-18,21H,11-15H2,1H3. The van der Waals surface area contributed by atoms with Gasteiger partial charge in [0.15, 0.2) is 0 Å². The Morgan fingerprint density at radius 2 is 1.72 bits per heavy atom. The molecule has 0 saturated carbocycles. The number of likely N-dealkylation sites (tertiary alicyclic amines) is 1. The summed E-state index contributed by atoms with van der Waals surface area (Å²) in [5.74, 6) is 0.842. The lowest BCUT2D eigenvalue weighted by atomic mass is 9.85. The van der Waals surface area contributed by atoms with Crippen LogP contribution < -0.4 is 0 Å². The van der Waals surface area contributed by atoms with Crippen LogP contribution in [0.2, 0.25) is 0 Å². The Kier molecular flexibility index (Phi) is 4.58. The van der Waals surface area contributed by atoms with Crippen molar-refractivity contribution in [1.29, 1.82) is 0 Å². The van der Waals surface area contributed by atoms with Gasteiger partial charge in [0.1, 0.15) is 0 Å². The third-order valence-corrected chi connectivity index (χ3v) is 5.73. The minimum atomic E-state index is -0.118. The highest BCUT2D eigenvalue weighted by atomic mass is 16.5. The highest BCUT2D eigenvalue weighted by Gasteiger charge is 2.38. The van der Waals surface area contributed by atoms with Gasteiger partial charge in [-0.2, -0.15) is 0 Å². The van der Waals surface area contributed by atoms with Crippen LogP contribution in [-0.4, -0.2) is 31.1 Å². The third kappa shape index (κ3) is 3.34. The Morgan fingerprint density at radius 3 is 2.48 bits per heavy atom. The smallest absolute Gasteiger partial charge is 0.313 e. The number of hydrogen-bond acceptors (Lipinski definition) is 3. The van der Waals surface area contributed by atoms with Gasteiger partial charge in [-0.3, -0.25) is 9.69 Å². The molecule has 1 heterocycles. The van der Waals surface area contributed by atoms with Crippen LogP contribution >= 0.6 is 0 Å². The van der Waals surface area contributed by atoms with E-state index in [9.17, 15) is 4.79 Å². The second-order valence-electron chi connectivity index (χ2n) is 7.42. The van der Waals surface area contributed by atoms with Crippen molar-refractivity contribution in [2.45, 2.75) is 31.2 Å². The molecule has 3 nitrogen and oxygen atoms in total. The van der Waals surface area contributed by atoms with Crippen molar-refractivity contribution in [1.82, 2.24) is 4.90 Å². The van der Waals surface area contributed by atoms with E-state index in [1.54, 1.807) is 0 Å². The fraction of sp³-hybridized carbons (Fsp3) is 0.409. The lowest BCUT2D eigenvalue weighted by molar-refractivity contribution is -0.143. The number of ether oxygens (including phenoxy) is 1. The van der Waals surface area contributed by atoms with Crippen LogP contribution in [0.25, 0.3) is 0 Å². The molecule has 2 aromatic rings. The molecule has 3 heteroatoms. The van der Waals surface area contributed by atoms with Crippen LogP contribution in [0.5, 0.6) is 0 Å². The summed E-state index contributed by atoms with van der Waals surface area (Å²) in [4.78, 5) is 15.0. The van der Waals surface area contributed by atoms with Gasteiger partial charge in [-0.05, 0) is 41.4 Å². The van der Waals surface area contributed by atoms with Crippen LogP contribution in [0, 0.1) is 5.92 Å². The number of methoxy groups -OCH3 is 1. The highest BCUT2D eigenvalue weighted by molar-refractivity contribution is 5.79. The van der Waals surface area contributed by atoms with Gasteiger partial charge in [0.2, 0.25) is 0 Å². The maximum atomic E-state index is 12.4. The Balaban J connectivity index is 1.62. The molecule has 25 heavy (non-hydrogen) atoms. The number of carbonyl (C=O) groups excluding carboxylic acids is 1. The Bertz CT molecular complexity index is 743. The first kappa shape index (κ1) is 16.3. The Labute approximate surface area is 149 Å². The van der Waals surface area contributed by atoms with Crippen LogP contribution in [0.1, 0.15) is 41.4 Å². The predicted molar refractivity (Wildman–Crippen MR) is 98.4 cm³/mol. The van der Waals surface area contributed by atoms with Crippen LogP contribution in [0.3, 0.4) is 0 Å². The molecule has 4 rings (SSSR count). The molecule has 0 aromatic heterocycles. The van der Waals surface area contributed by atoms with E-state index in [4.69, 9.17) is 4.74 Å². The van der Waals surface area contributed by atoms with Crippen molar-refractivity contribution in [2.75, 3.05) is 20.2 Å². The fourth-order valence-corrected chi connectivity index (χ4v) is 4.70. The van der Waals surface area contributed by atoms with Crippen molar-refractivity contribution >= 4 is 5.97 Å². The topological polar surface area (TPSA) is 29.5 Å². The number of fused-ring (bicyclic) bond motifs is 4. The summed E-state index contributed by atoms with van der Waals surface area (Å²) in [6, 6.07) is 19.2. The number of rotatable bonds is 3. The van der Waals surface area contributed by atoms with Gasteiger partial charge >= 0.3 is 5.97 Å². The van der Waals surface area contributed by atoms with E-state index in [1.807, 2.05) is 6.07 Å². The molecule has 0 spiro atoms. The van der Waals surface area contributed by atoms with Crippen LogP contribution in [0.15, 0.2) is 54.6 Å². The summed E-state index contributed by atoms with van der Waals surface area (Å²) in [5.41, 5.74) is 3.89. The minimum Gasteiger partial charge on any atom is -0.469 e. The zero-order valence-electron chi connectivity index (χ0n) is 14.7. The molecule has 2 bridgehead atoms. The summed E-state index contributed by atoms with van der Waals surface area (Å²) in [6.45, 7) is 3.11. The predicted octanol–water partition coefficient (Wildman–Crippen LogP) is 3.95. The van der Waals surface area contributed by atoms with Gasteiger partial charge in [0.25, 0.3) is 0 Å². The summed E-state index contributed by atoms with van der Waals surface area (Å²) >= 11 is 0. The molecule has 0 N–H and O–H groups in total. The summed E-state index contributed by atoms with van der Waals surface area (Å²) < 4.78 is 5.12. The second-order valence-corrected chi connectivity index (χ2v) is 7.42. The van der Waals surface area contributed by atoms with Gasteiger partial charge in [0, 0.05) is 19.6 Å². The first-order chi connectivity index (χ1) is 12.2. The quantitative estimate of drug-likeness (QED) is 0.796. The number of carbonyl (C=O) groups is 1. The van der Waals surface area contributed by atoms with E-state index in [0.29, 0.717) is 11.8 Å². The minimum absolute atomic E-state index is 0.0883. The first-order valence-electron chi connectivity index (χ1n) is 9.17. The number of esters is 1. The highest BCUT2D eigenvalue weighted by Crippen LogP contribution is 2.43. The average Bonchev–Trinajstić information content (AvgIpc) is 2.76. The zero-order valence-corrected chi connectivity index (χ0v) is 14.7. The Morgan fingerprint density at radius 1 is 1.00 bits per heavy atom. The van der Waals surface area contributed by atoms with E-state index in [2.05, 4.69) is 53.4 Å². The molecule has 3 atom stereocenters. The number of hydrogen-bond donors (Lipinski definition) is 0. The molecule has 2 aromatic carbocycles. The largest absolute Gasteiger partial charge is 0.469 e. The van der Waals surface area contributed by atoms with Gasteiger partial charge in [-0.25, -0.2) is 0 Å². The molecular weight excluding hydrogens is 310 g/mol. The van der Waals surface area contributed by atoms with E-state index in [0.717, 1.165) is 26.1 Å². The SMILES string of the molecule is COC(=O)C1CC2CC(CN(Cc3ccccc3)C2)c2ccccc21. The molecule has 1 aliphatic carbocycles. The van der Waals surface area contributed by atoms with E-state index in [-0.39, 0.29) is 11.9 Å². The van der Waals surface area contributed by atoms with E-state index in [1.165, 1.54) is 30.2 Å².